The molecule has 1 heterocycles. The second kappa shape index (κ2) is 2.54. The first-order chi connectivity index (χ1) is 5.47. The van der Waals surface area contributed by atoms with Crippen LogP contribution in [0, 0.1) is 6.07 Å². The lowest BCUT2D eigenvalue weighted by Gasteiger charge is -1.90. The van der Waals surface area contributed by atoms with Crippen LogP contribution in [0.25, 0.3) is 11.3 Å². The van der Waals surface area contributed by atoms with E-state index in [-0.39, 0.29) is 0 Å². The van der Waals surface area contributed by atoms with Gasteiger partial charge in [0.2, 0.25) is 0 Å². The molecule has 1 radical (unpaired) electrons. The molecule has 53 valence electrons. The molecular weight excluding hydrogens is 138 g/mol. The molecular formula is C8H6N3. The highest BCUT2D eigenvalue weighted by atomic mass is 15.3. The summed E-state index contributed by atoms with van der Waals surface area (Å²) in [6, 6.07) is 10.6. The van der Waals surface area contributed by atoms with Gasteiger partial charge >= 0.3 is 0 Å². The summed E-state index contributed by atoms with van der Waals surface area (Å²) in [5, 5.41) is 10.1. The van der Waals surface area contributed by atoms with Gasteiger partial charge in [0.05, 0.1) is 0 Å². The van der Waals surface area contributed by atoms with Gasteiger partial charge in [-0.25, -0.2) is 0 Å². The van der Waals surface area contributed by atoms with Crippen molar-refractivity contribution in [2.75, 3.05) is 0 Å². The molecule has 3 heteroatoms. The summed E-state index contributed by atoms with van der Waals surface area (Å²) in [6.07, 6.45) is 1.75. The van der Waals surface area contributed by atoms with E-state index in [4.69, 9.17) is 0 Å². The Balaban J connectivity index is 2.46. The van der Waals surface area contributed by atoms with Crippen LogP contribution in [0.5, 0.6) is 0 Å². The minimum atomic E-state index is 0.849. The molecule has 0 bridgehead atoms. The lowest BCUT2D eigenvalue weighted by Crippen LogP contribution is -1.75. The number of aromatic nitrogens is 3. The van der Waals surface area contributed by atoms with Crippen molar-refractivity contribution in [3.8, 4) is 11.3 Å². The van der Waals surface area contributed by atoms with Crippen LogP contribution < -0.4 is 0 Å². The van der Waals surface area contributed by atoms with E-state index in [1.807, 2.05) is 24.3 Å². The van der Waals surface area contributed by atoms with Gasteiger partial charge in [0.25, 0.3) is 0 Å². The molecule has 1 aromatic heterocycles. The van der Waals surface area contributed by atoms with E-state index < -0.39 is 0 Å². The lowest BCUT2D eigenvalue weighted by atomic mass is 10.2. The summed E-state index contributed by atoms with van der Waals surface area (Å²) in [6.45, 7) is 0. The molecule has 0 saturated heterocycles. The molecule has 2 rings (SSSR count). The first-order valence-electron chi connectivity index (χ1n) is 3.30. The van der Waals surface area contributed by atoms with Crippen LogP contribution >= 0.6 is 0 Å². The van der Waals surface area contributed by atoms with Gasteiger partial charge in [-0.05, 0) is 12.1 Å². The molecule has 0 aliphatic heterocycles. The SMILES string of the molecule is [c]1cccc(-c2c[nH]nn2)c1. The Labute approximate surface area is 64.1 Å². The fourth-order valence-electron chi connectivity index (χ4n) is 0.895. The van der Waals surface area contributed by atoms with Crippen molar-refractivity contribution in [2.24, 2.45) is 0 Å². The van der Waals surface area contributed by atoms with Crippen LogP contribution in [0.3, 0.4) is 0 Å². The van der Waals surface area contributed by atoms with Crippen molar-refractivity contribution in [3.63, 3.8) is 0 Å². The number of rotatable bonds is 1. The maximum atomic E-state index is 3.86. The fraction of sp³-hybridized carbons (Fsp3) is 0. The summed E-state index contributed by atoms with van der Waals surface area (Å²) >= 11 is 0. The fourth-order valence-corrected chi connectivity index (χ4v) is 0.895. The average molecular weight is 144 g/mol. The highest BCUT2D eigenvalue weighted by molar-refractivity contribution is 5.56. The number of H-pyrrole nitrogens is 1. The third-order valence-electron chi connectivity index (χ3n) is 1.42. The zero-order valence-corrected chi connectivity index (χ0v) is 5.78. The van der Waals surface area contributed by atoms with E-state index in [1.165, 1.54) is 0 Å². The molecule has 0 unspecified atom stereocenters. The average Bonchev–Trinajstić information content (AvgIpc) is 2.58. The summed E-state index contributed by atoms with van der Waals surface area (Å²) < 4.78 is 0. The predicted molar refractivity (Wildman–Crippen MR) is 40.7 cm³/mol. The van der Waals surface area contributed by atoms with Crippen molar-refractivity contribution in [1.29, 1.82) is 0 Å². The van der Waals surface area contributed by atoms with Crippen LogP contribution in [0.1, 0.15) is 0 Å². The number of aromatic amines is 1. The monoisotopic (exact) mass is 144 g/mol. The van der Waals surface area contributed by atoms with Gasteiger partial charge in [0.1, 0.15) is 5.69 Å². The van der Waals surface area contributed by atoms with Gasteiger partial charge in [0.15, 0.2) is 0 Å². The van der Waals surface area contributed by atoms with E-state index in [2.05, 4.69) is 21.5 Å². The molecule has 0 atom stereocenters. The lowest BCUT2D eigenvalue weighted by molar-refractivity contribution is 0.942. The second-order valence-electron chi connectivity index (χ2n) is 2.15. The number of nitrogens with zero attached hydrogens (tertiary/aromatic N) is 2. The van der Waals surface area contributed by atoms with Gasteiger partial charge in [-0.3, -0.25) is 5.10 Å². The molecule has 0 amide bonds. The van der Waals surface area contributed by atoms with E-state index in [1.54, 1.807) is 6.20 Å². The zero-order valence-electron chi connectivity index (χ0n) is 5.78. The molecule has 0 aliphatic carbocycles. The Hall–Kier alpha value is -1.64. The van der Waals surface area contributed by atoms with Gasteiger partial charge in [0, 0.05) is 11.8 Å². The van der Waals surface area contributed by atoms with E-state index >= 15 is 0 Å². The third kappa shape index (κ3) is 1.12. The Morgan fingerprint density at radius 1 is 1.45 bits per heavy atom. The number of hydrogen-bond donors (Lipinski definition) is 1. The Kier molecular flexibility index (Phi) is 1.41. The summed E-state index contributed by atoms with van der Waals surface area (Å²) in [5.41, 5.74) is 1.88. The highest BCUT2D eigenvalue weighted by Gasteiger charge is 1.96. The van der Waals surface area contributed by atoms with Crippen molar-refractivity contribution in [3.05, 3.63) is 36.5 Å². The summed E-state index contributed by atoms with van der Waals surface area (Å²) in [7, 11) is 0. The molecule has 0 fully saturated rings. The highest BCUT2D eigenvalue weighted by Crippen LogP contribution is 2.12. The van der Waals surface area contributed by atoms with Crippen LogP contribution in [0.4, 0.5) is 0 Å². The molecule has 0 aliphatic rings. The summed E-state index contributed by atoms with van der Waals surface area (Å²) in [4.78, 5) is 0. The first-order valence-corrected chi connectivity index (χ1v) is 3.30. The number of hydrogen-bond acceptors (Lipinski definition) is 2. The van der Waals surface area contributed by atoms with E-state index in [0.29, 0.717) is 0 Å². The molecule has 1 aromatic carbocycles. The number of nitrogens with one attached hydrogen (secondary N) is 1. The number of benzene rings is 1. The van der Waals surface area contributed by atoms with Crippen LogP contribution in [-0.2, 0) is 0 Å². The van der Waals surface area contributed by atoms with Crippen LogP contribution in [0.2, 0.25) is 0 Å². The Bertz CT molecular complexity index is 312. The molecule has 1 N–H and O–H groups in total. The van der Waals surface area contributed by atoms with E-state index in [9.17, 15) is 0 Å². The zero-order chi connectivity index (χ0) is 7.52. The van der Waals surface area contributed by atoms with Crippen molar-refractivity contribution in [2.45, 2.75) is 0 Å². The Morgan fingerprint density at radius 3 is 3.09 bits per heavy atom. The molecule has 2 aromatic rings. The molecule has 0 spiro atoms. The molecule has 3 nitrogen and oxygen atoms in total. The van der Waals surface area contributed by atoms with Crippen LogP contribution in [-0.4, -0.2) is 15.4 Å². The van der Waals surface area contributed by atoms with Crippen molar-refractivity contribution in [1.82, 2.24) is 15.4 Å². The topological polar surface area (TPSA) is 41.6 Å². The van der Waals surface area contributed by atoms with Gasteiger partial charge in [-0.15, -0.1) is 5.10 Å². The third-order valence-corrected chi connectivity index (χ3v) is 1.42. The molecule has 0 saturated carbocycles. The maximum Gasteiger partial charge on any atom is 0.112 e. The smallest absolute Gasteiger partial charge is 0.112 e. The van der Waals surface area contributed by atoms with Gasteiger partial charge < -0.3 is 0 Å². The standard InChI is InChI=1S/C8H6N3/c1-2-4-7(5-3-1)8-6-9-11-10-8/h1-2,4-6H,(H,9,10,11). The maximum absolute atomic E-state index is 3.86. The summed E-state index contributed by atoms with van der Waals surface area (Å²) in [5.74, 6) is 0. The normalized spacial score (nSPS) is 9.82. The van der Waals surface area contributed by atoms with Gasteiger partial charge in [-0.1, -0.05) is 23.4 Å². The second-order valence-corrected chi connectivity index (χ2v) is 2.15. The minimum absolute atomic E-state index is 0.849. The predicted octanol–water partition coefficient (Wildman–Crippen LogP) is 1.27. The van der Waals surface area contributed by atoms with Crippen molar-refractivity contribution >= 4 is 0 Å². The van der Waals surface area contributed by atoms with Gasteiger partial charge in [-0.2, -0.15) is 0 Å². The van der Waals surface area contributed by atoms with Crippen LogP contribution in [0.15, 0.2) is 30.5 Å². The first kappa shape index (κ1) is 6.09. The largest absolute Gasteiger partial charge is 0.265 e. The van der Waals surface area contributed by atoms with E-state index in [0.717, 1.165) is 11.3 Å². The quantitative estimate of drug-likeness (QED) is 0.654. The van der Waals surface area contributed by atoms with Crippen molar-refractivity contribution < 1.29 is 0 Å². The Morgan fingerprint density at radius 2 is 2.45 bits per heavy atom. The molecule has 11 heavy (non-hydrogen) atoms. The minimum Gasteiger partial charge on any atom is -0.265 e.